The molecule has 10 heteroatoms. The molecule has 1 saturated carbocycles. The Morgan fingerprint density at radius 1 is 1.13 bits per heavy atom. The van der Waals surface area contributed by atoms with E-state index in [1.165, 1.54) is 17.2 Å². The molecule has 4 amide bonds. The van der Waals surface area contributed by atoms with E-state index in [0.29, 0.717) is 23.2 Å². The molecule has 2 fully saturated rings. The summed E-state index contributed by atoms with van der Waals surface area (Å²) in [5.41, 5.74) is 6.55. The molecule has 2 aromatic carbocycles. The Bertz CT molecular complexity index is 1420. The zero-order valence-corrected chi connectivity index (χ0v) is 20.9. The highest BCUT2D eigenvalue weighted by molar-refractivity contribution is 6.12. The van der Waals surface area contributed by atoms with Crippen LogP contribution in [0.1, 0.15) is 24.5 Å². The lowest BCUT2D eigenvalue weighted by atomic mass is 9.81. The number of carbonyl (C=O) groups excluding carboxylic acids is 3. The van der Waals surface area contributed by atoms with Gasteiger partial charge in [0.05, 0.1) is 11.5 Å². The number of carbonyl (C=O) groups is 3. The Hall–Kier alpha value is -4.34. The Morgan fingerprint density at radius 2 is 1.84 bits per heavy atom. The van der Waals surface area contributed by atoms with Crippen LogP contribution in [-0.4, -0.2) is 40.8 Å². The maximum Gasteiger partial charge on any atom is 0.325 e. The van der Waals surface area contributed by atoms with Crippen LogP contribution in [0, 0.1) is 23.5 Å². The molecule has 0 bridgehead atoms. The van der Waals surface area contributed by atoms with Crippen LogP contribution in [0.4, 0.5) is 25.1 Å². The van der Waals surface area contributed by atoms with Crippen molar-refractivity contribution in [3.05, 3.63) is 89.6 Å². The molecule has 1 unspecified atom stereocenters. The van der Waals surface area contributed by atoms with E-state index in [2.05, 4.69) is 10.3 Å². The zero-order chi connectivity index (χ0) is 27.2. The fourth-order valence-electron chi connectivity index (χ4n) is 5.21. The fourth-order valence-corrected chi connectivity index (χ4v) is 5.21. The number of benzene rings is 2. The predicted octanol–water partition coefficient (Wildman–Crippen LogP) is 3.62. The number of likely N-dealkylation sites (N-methyl/N-ethyl adjacent to an activating group) is 1. The lowest BCUT2D eigenvalue weighted by Gasteiger charge is -2.46. The topological polar surface area (TPSA) is 109 Å². The van der Waals surface area contributed by atoms with Crippen LogP contribution in [0.25, 0.3) is 0 Å². The first kappa shape index (κ1) is 25.3. The third kappa shape index (κ3) is 4.36. The van der Waals surface area contributed by atoms with Gasteiger partial charge in [-0.2, -0.15) is 0 Å². The summed E-state index contributed by atoms with van der Waals surface area (Å²) in [5.74, 6) is -3.54. The molecule has 196 valence electrons. The number of urea groups is 1. The van der Waals surface area contributed by atoms with E-state index in [1.54, 1.807) is 43.4 Å². The van der Waals surface area contributed by atoms with E-state index < -0.39 is 47.0 Å². The van der Waals surface area contributed by atoms with Crippen LogP contribution in [0.3, 0.4) is 0 Å². The molecule has 3 aromatic rings. The summed E-state index contributed by atoms with van der Waals surface area (Å²) in [5, 5.41) is 2.85. The molecule has 8 nitrogen and oxygen atoms in total. The van der Waals surface area contributed by atoms with Crippen molar-refractivity contribution in [2.24, 2.45) is 11.8 Å². The van der Waals surface area contributed by atoms with E-state index >= 15 is 0 Å². The summed E-state index contributed by atoms with van der Waals surface area (Å²) in [6.45, 7) is 1.86. The first-order valence-corrected chi connectivity index (χ1v) is 12.3. The standard InChI is InChI=1S/C28H27F2N5O3/c1-16-15-28(16,18-8-9-21(29)22(30)14-18)33-27(38)35-24(26(37)34(2)19-6-4-3-5-7-19)20(25(35)36)12-17-10-11-32-23(31)13-17/h3-11,13-14,16,20,24H,12,15H2,1-2H3,(H2,31,32)(H,33,38)/t16-,20+,24-,28?/m0/s1. The summed E-state index contributed by atoms with van der Waals surface area (Å²) in [4.78, 5) is 46.8. The van der Waals surface area contributed by atoms with Crippen LogP contribution < -0.4 is 16.0 Å². The number of para-hydroxylation sites is 1. The van der Waals surface area contributed by atoms with Gasteiger partial charge in [0.15, 0.2) is 11.6 Å². The number of anilines is 2. The second kappa shape index (κ2) is 9.51. The zero-order valence-electron chi connectivity index (χ0n) is 20.9. The molecule has 38 heavy (non-hydrogen) atoms. The number of aromatic nitrogens is 1. The Morgan fingerprint density at radius 3 is 2.47 bits per heavy atom. The van der Waals surface area contributed by atoms with Crippen molar-refractivity contribution < 1.29 is 23.2 Å². The highest BCUT2D eigenvalue weighted by Gasteiger charge is 2.59. The van der Waals surface area contributed by atoms with Crippen LogP contribution in [-0.2, 0) is 21.5 Å². The number of nitrogens with two attached hydrogens (primary N) is 1. The molecule has 1 aromatic heterocycles. The summed E-state index contributed by atoms with van der Waals surface area (Å²) in [7, 11) is 1.59. The van der Waals surface area contributed by atoms with E-state index in [4.69, 9.17) is 5.73 Å². The maximum atomic E-state index is 14.0. The van der Waals surface area contributed by atoms with Gasteiger partial charge in [0.25, 0.3) is 5.91 Å². The lowest BCUT2D eigenvalue weighted by Crippen LogP contribution is -2.71. The van der Waals surface area contributed by atoms with E-state index in [-0.39, 0.29) is 18.2 Å². The number of β-lactam (4-membered cyclic amide) rings is 1. The Kier molecular flexibility index (Phi) is 6.34. The first-order chi connectivity index (χ1) is 18.1. The van der Waals surface area contributed by atoms with Crippen molar-refractivity contribution in [2.45, 2.75) is 31.3 Å². The van der Waals surface area contributed by atoms with E-state index in [9.17, 15) is 23.2 Å². The number of halogens is 2. The molecule has 1 saturated heterocycles. The number of hydrogen-bond acceptors (Lipinski definition) is 5. The molecule has 0 radical (unpaired) electrons. The largest absolute Gasteiger partial charge is 0.384 e. The minimum Gasteiger partial charge on any atom is -0.384 e. The summed E-state index contributed by atoms with van der Waals surface area (Å²) < 4.78 is 27.5. The van der Waals surface area contributed by atoms with Gasteiger partial charge in [-0.3, -0.25) is 14.5 Å². The normalized spacial score (nSPS) is 23.9. The minimum absolute atomic E-state index is 0.0792. The van der Waals surface area contributed by atoms with E-state index in [0.717, 1.165) is 17.0 Å². The molecular weight excluding hydrogens is 492 g/mol. The van der Waals surface area contributed by atoms with Crippen molar-refractivity contribution in [3.63, 3.8) is 0 Å². The highest BCUT2D eigenvalue weighted by atomic mass is 19.2. The number of nitrogens with zero attached hydrogens (tertiary/aromatic N) is 3. The van der Waals surface area contributed by atoms with Crippen molar-refractivity contribution >= 4 is 29.4 Å². The van der Waals surface area contributed by atoms with Gasteiger partial charge in [0.2, 0.25) is 5.91 Å². The van der Waals surface area contributed by atoms with Gasteiger partial charge in [0.1, 0.15) is 11.9 Å². The molecule has 1 aliphatic carbocycles. The molecule has 2 aliphatic rings. The molecule has 1 aliphatic heterocycles. The third-order valence-electron chi connectivity index (χ3n) is 7.53. The van der Waals surface area contributed by atoms with Gasteiger partial charge in [-0.1, -0.05) is 31.2 Å². The van der Waals surface area contributed by atoms with Gasteiger partial charge < -0.3 is 16.0 Å². The molecule has 5 rings (SSSR count). The summed E-state index contributed by atoms with van der Waals surface area (Å²) in [6, 6.07) is 13.9. The Labute approximate surface area is 218 Å². The highest BCUT2D eigenvalue weighted by Crippen LogP contribution is 2.52. The van der Waals surface area contributed by atoms with Crippen LogP contribution >= 0.6 is 0 Å². The third-order valence-corrected chi connectivity index (χ3v) is 7.53. The van der Waals surface area contributed by atoms with Crippen LogP contribution in [0.5, 0.6) is 0 Å². The van der Waals surface area contributed by atoms with Gasteiger partial charge >= 0.3 is 6.03 Å². The van der Waals surface area contributed by atoms with Crippen LogP contribution in [0.2, 0.25) is 0 Å². The molecular formula is C28H27F2N5O3. The number of imide groups is 1. The summed E-state index contributed by atoms with van der Waals surface area (Å²) >= 11 is 0. The predicted molar refractivity (Wildman–Crippen MR) is 137 cm³/mol. The van der Waals surface area contributed by atoms with Crippen LogP contribution in [0.15, 0.2) is 66.9 Å². The maximum absolute atomic E-state index is 14.0. The number of rotatable bonds is 6. The number of likely N-dealkylation sites (tertiary alicyclic amines) is 1. The smallest absolute Gasteiger partial charge is 0.325 e. The average molecular weight is 520 g/mol. The number of pyridine rings is 1. The first-order valence-electron chi connectivity index (χ1n) is 12.3. The van der Waals surface area contributed by atoms with E-state index in [1.807, 2.05) is 13.0 Å². The fraction of sp³-hybridized carbons (Fsp3) is 0.286. The molecule has 0 spiro atoms. The molecule has 4 atom stereocenters. The minimum atomic E-state index is -1.07. The monoisotopic (exact) mass is 519 g/mol. The molecule has 3 N–H and O–H groups in total. The average Bonchev–Trinajstić information content (AvgIpc) is 3.56. The quantitative estimate of drug-likeness (QED) is 0.484. The number of hydrogen-bond donors (Lipinski definition) is 2. The Balaban J connectivity index is 1.43. The van der Waals surface area contributed by atoms with Gasteiger partial charge in [-0.25, -0.2) is 18.6 Å². The second-order valence-electron chi connectivity index (χ2n) is 9.92. The lowest BCUT2D eigenvalue weighted by molar-refractivity contribution is -0.156. The van der Waals surface area contributed by atoms with Crippen molar-refractivity contribution in [2.75, 3.05) is 17.7 Å². The summed E-state index contributed by atoms with van der Waals surface area (Å²) in [6.07, 6.45) is 2.19. The van der Waals surface area contributed by atoms with Crippen molar-refractivity contribution in [3.8, 4) is 0 Å². The molecule has 2 heterocycles. The number of nitrogens with one attached hydrogen (secondary N) is 1. The number of amides is 4. The van der Waals surface area contributed by atoms with Gasteiger partial charge in [-0.15, -0.1) is 0 Å². The van der Waals surface area contributed by atoms with Crippen molar-refractivity contribution in [1.82, 2.24) is 15.2 Å². The SMILES string of the molecule is C[C@H]1CC1(NC(=O)N1C(=O)[C@H](Cc2ccnc(N)c2)[C@H]1C(=O)N(C)c1ccccc1)c1ccc(F)c(F)c1. The second-order valence-corrected chi connectivity index (χ2v) is 9.92. The van der Waals surface area contributed by atoms with Gasteiger partial charge in [-0.05, 0) is 66.3 Å². The van der Waals surface area contributed by atoms with Gasteiger partial charge in [0, 0.05) is 18.9 Å². The number of nitrogen functional groups attached to an aromatic ring is 1. The van der Waals surface area contributed by atoms with Crippen molar-refractivity contribution in [1.29, 1.82) is 0 Å².